The molecule has 0 radical (unpaired) electrons. The van der Waals surface area contributed by atoms with Gasteiger partial charge in [-0.05, 0) is 12.1 Å². The van der Waals surface area contributed by atoms with Gasteiger partial charge in [0.1, 0.15) is 0 Å². The Morgan fingerprint density at radius 2 is 1.92 bits per heavy atom. The van der Waals surface area contributed by atoms with Crippen LogP contribution < -0.4 is 4.74 Å². The molecule has 0 saturated carbocycles. The number of hydrogen-bond acceptors (Lipinski definition) is 1. The maximum Gasteiger partial charge on any atom is 0.241 e. The Morgan fingerprint density at radius 3 is 2.54 bits per heavy atom. The van der Waals surface area contributed by atoms with E-state index in [9.17, 15) is 13.2 Å². The standard InChI is InChI=1S/C9H9F3O/c10-7-3-1-2-4-8(7)13-6-5-9(11)12/h1-4,9H,5-6H2. The molecule has 4 heteroatoms. The minimum Gasteiger partial charge on any atom is -0.490 e. The normalized spacial score (nSPS) is 10.5. The van der Waals surface area contributed by atoms with Crippen LogP contribution in [-0.4, -0.2) is 13.0 Å². The molecular formula is C9H9F3O. The van der Waals surface area contributed by atoms with Crippen LogP contribution in [0.4, 0.5) is 13.2 Å². The molecule has 0 aromatic heterocycles. The summed E-state index contributed by atoms with van der Waals surface area (Å²) in [5, 5.41) is 0. The average molecular weight is 190 g/mol. The summed E-state index contributed by atoms with van der Waals surface area (Å²) in [5.41, 5.74) is 0. The van der Waals surface area contributed by atoms with Gasteiger partial charge in [0.25, 0.3) is 0 Å². The number of ether oxygens (including phenoxy) is 1. The lowest BCUT2D eigenvalue weighted by molar-refractivity contribution is 0.113. The van der Waals surface area contributed by atoms with Gasteiger partial charge in [0.2, 0.25) is 6.43 Å². The molecule has 0 saturated heterocycles. The number of benzene rings is 1. The number of rotatable bonds is 4. The fourth-order valence-corrected chi connectivity index (χ4v) is 0.820. The lowest BCUT2D eigenvalue weighted by Gasteiger charge is -2.05. The fourth-order valence-electron chi connectivity index (χ4n) is 0.820. The van der Waals surface area contributed by atoms with E-state index < -0.39 is 12.2 Å². The van der Waals surface area contributed by atoms with Gasteiger partial charge in [-0.3, -0.25) is 0 Å². The Balaban J connectivity index is 2.41. The van der Waals surface area contributed by atoms with Crippen LogP contribution >= 0.6 is 0 Å². The lowest BCUT2D eigenvalue weighted by atomic mass is 10.3. The third kappa shape index (κ3) is 3.36. The second-order valence-electron chi connectivity index (χ2n) is 2.46. The molecule has 1 nitrogen and oxygen atoms in total. The zero-order chi connectivity index (χ0) is 9.68. The highest BCUT2D eigenvalue weighted by Gasteiger charge is 2.04. The van der Waals surface area contributed by atoms with Crippen molar-refractivity contribution in [2.45, 2.75) is 12.8 Å². The predicted octanol–water partition coefficient (Wildman–Crippen LogP) is 2.86. The molecule has 0 heterocycles. The summed E-state index contributed by atoms with van der Waals surface area (Å²) < 4.78 is 40.9. The molecule has 0 unspecified atom stereocenters. The first kappa shape index (κ1) is 9.89. The van der Waals surface area contributed by atoms with Crippen molar-refractivity contribution >= 4 is 0 Å². The maximum atomic E-state index is 12.8. The lowest BCUT2D eigenvalue weighted by Crippen LogP contribution is -2.03. The number of halogens is 3. The predicted molar refractivity (Wildman–Crippen MR) is 42.5 cm³/mol. The van der Waals surface area contributed by atoms with Crippen LogP contribution in [0.3, 0.4) is 0 Å². The van der Waals surface area contributed by atoms with Crippen LogP contribution in [0.2, 0.25) is 0 Å². The average Bonchev–Trinajstić information content (AvgIpc) is 2.08. The summed E-state index contributed by atoms with van der Waals surface area (Å²) in [6.07, 6.45) is -2.79. The zero-order valence-electron chi connectivity index (χ0n) is 6.84. The van der Waals surface area contributed by atoms with Gasteiger partial charge < -0.3 is 4.74 Å². The Labute approximate surface area is 74.1 Å². The Morgan fingerprint density at radius 1 is 1.23 bits per heavy atom. The Bertz CT molecular complexity index is 263. The van der Waals surface area contributed by atoms with Crippen molar-refractivity contribution in [1.82, 2.24) is 0 Å². The molecule has 1 rings (SSSR count). The Hall–Kier alpha value is -1.19. The molecule has 0 amide bonds. The molecule has 0 N–H and O–H groups in total. The van der Waals surface area contributed by atoms with E-state index in [0.29, 0.717) is 0 Å². The highest BCUT2D eigenvalue weighted by molar-refractivity contribution is 5.23. The van der Waals surface area contributed by atoms with Crippen LogP contribution in [0.25, 0.3) is 0 Å². The molecule has 1 aromatic carbocycles. The topological polar surface area (TPSA) is 9.23 Å². The summed E-state index contributed by atoms with van der Waals surface area (Å²) in [4.78, 5) is 0. The van der Waals surface area contributed by atoms with E-state index in [1.165, 1.54) is 18.2 Å². The summed E-state index contributed by atoms with van der Waals surface area (Å²) in [5.74, 6) is -0.514. The van der Waals surface area contributed by atoms with E-state index in [0.717, 1.165) is 0 Å². The number of para-hydroxylation sites is 1. The first-order valence-corrected chi connectivity index (χ1v) is 3.85. The smallest absolute Gasteiger partial charge is 0.241 e. The van der Waals surface area contributed by atoms with Crippen molar-refractivity contribution in [1.29, 1.82) is 0 Å². The summed E-state index contributed by atoms with van der Waals surface area (Å²) in [6.45, 7) is -0.168. The van der Waals surface area contributed by atoms with Gasteiger partial charge in [-0.25, -0.2) is 13.2 Å². The van der Waals surface area contributed by atoms with E-state index in [-0.39, 0.29) is 18.8 Å². The molecule has 0 aliphatic rings. The second kappa shape index (κ2) is 4.74. The van der Waals surface area contributed by atoms with Crippen LogP contribution in [0.1, 0.15) is 6.42 Å². The van der Waals surface area contributed by atoms with Gasteiger partial charge in [-0.15, -0.1) is 0 Å². The minimum atomic E-state index is -2.41. The number of alkyl halides is 2. The van der Waals surface area contributed by atoms with Crippen molar-refractivity contribution in [2.75, 3.05) is 6.61 Å². The van der Waals surface area contributed by atoms with E-state index in [4.69, 9.17) is 4.74 Å². The summed E-state index contributed by atoms with van der Waals surface area (Å²) in [6, 6.07) is 5.72. The Kier molecular flexibility index (Phi) is 3.61. The largest absolute Gasteiger partial charge is 0.490 e. The van der Waals surface area contributed by atoms with E-state index >= 15 is 0 Å². The monoisotopic (exact) mass is 190 g/mol. The van der Waals surface area contributed by atoms with Crippen LogP contribution in [0.5, 0.6) is 5.75 Å². The van der Waals surface area contributed by atoms with Gasteiger partial charge >= 0.3 is 0 Å². The summed E-state index contributed by atoms with van der Waals surface area (Å²) in [7, 11) is 0. The van der Waals surface area contributed by atoms with E-state index in [1.807, 2.05) is 0 Å². The van der Waals surface area contributed by atoms with Gasteiger partial charge in [0.05, 0.1) is 6.61 Å². The summed E-state index contributed by atoms with van der Waals surface area (Å²) >= 11 is 0. The molecule has 0 fully saturated rings. The molecule has 0 aliphatic heterocycles. The molecular weight excluding hydrogens is 181 g/mol. The van der Waals surface area contributed by atoms with Crippen molar-refractivity contribution < 1.29 is 17.9 Å². The van der Waals surface area contributed by atoms with Crippen molar-refractivity contribution in [3.8, 4) is 5.75 Å². The minimum absolute atomic E-state index is 0.0168. The quantitative estimate of drug-likeness (QED) is 0.709. The van der Waals surface area contributed by atoms with Gasteiger partial charge in [-0.2, -0.15) is 0 Å². The first-order chi connectivity index (χ1) is 6.20. The van der Waals surface area contributed by atoms with Crippen LogP contribution in [-0.2, 0) is 0 Å². The third-order valence-electron chi connectivity index (χ3n) is 1.43. The van der Waals surface area contributed by atoms with Crippen molar-refractivity contribution in [2.24, 2.45) is 0 Å². The number of hydrogen-bond donors (Lipinski definition) is 0. The van der Waals surface area contributed by atoms with Gasteiger partial charge in [0, 0.05) is 6.42 Å². The molecule has 0 bridgehead atoms. The van der Waals surface area contributed by atoms with Gasteiger partial charge in [0.15, 0.2) is 11.6 Å². The fraction of sp³-hybridized carbons (Fsp3) is 0.333. The van der Waals surface area contributed by atoms with Crippen LogP contribution in [0, 0.1) is 5.82 Å². The van der Waals surface area contributed by atoms with E-state index in [2.05, 4.69) is 0 Å². The molecule has 0 aliphatic carbocycles. The zero-order valence-corrected chi connectivity index (χ0v) is 6.84. The molecule has 1 aromatic rings. The SMILES string of the molecule is Fc1ccccc1OCCC(F)F. The maximum absolute atomic E-state index is 12.8. The molecule has 0 atom stereocenters. The molecule has 72 valence electrons. The second-order valence-corrected chi connectivity index (χ2v) is 2.46. The van der Waals surface area contributed by atoms with Gasteiger partial charge in [-0.1, -0.05) is 12.1 Å². The third-order valence-corrected chi connectivity index (χ3v) is 1.43. The van der Waals surface area contributed by atoms with Crippen molar-refractivity contribution in [3.05, 3.63) is 30.1 Å². The van der Waals surface area contributed by atoms with E-state index in [1.54, 1.807) is 6.07 Å². The van der Waals surface area contributed by atoms with Crippen LogP contribution in [0.15, 0.2) is 24.3 Å². The first-order valence-electron chi connectivity index (χ1n) is 3.85. The van der Waals surface area contributed by atoms with Crippen molar-refractivity contribution in [3.63, 3.8) is 0 Å². The highest BCUT2D eigenvalue weighted by atomic mass is 19.3. The molecule has 0 spiro atoms. The highest BCUT2D eigenvalue weighted by Crippen LogP contribution is 2.15. The molecule has 13 heavy (non-hydrogen) atoms.